The normalized spacial score (nSPS) is 24.9. The molecule has 1 heterocycles. The fourth-order valence-electron chi connectivity index (χ4n) is 2.52. The van der Waals surface area contributed by atoms with Crippen molar-refractivity contribution in [3.05, 3.63) is 29.3 Å². The second kappa shape index (κ2) is 4.53. The molecule has 0 saturated carbocycles. The van der Waals surface area contributed by atoms with Crippen molar-refractivity contribution in [2.75, 3.05) is 4.90 Å². The van der Waals surface area contributed by atoms with Gasteiger partial charge in [0.1, 0.15) is 23.3 Å². The van der Waals surface area contributed by atoms with Crippen molar-refractivity contribution < 1.29 is 18.7 Å². The second-order valence-corrected chi connectivity index (χ2v) is 5.48. The first kappa shape index (κ1) is 14.4. The maximum Gasteiger partial charge on any atom is 0.235 e. The highest BCUT2D eigenvalue weighted by molar-refractivity contribution is 6.01. The van der Waals surface area contributed by atoms with Gasteiger partial charge < -0.3 is 10.0 Å². The summed E-state index contributed by atoms with van der Waals surface area (Å²) in [5, 5.41) is 18.7. The van der Waals surface area contributed by atoms with Crippen LogP contribution in [0.1, 0.15) is 26.3 Å². The highest BCUT2D eigenvalue weighted by Crippen LogP contribution is 2.39. The summed E-state index contributed by atoms with van der Waals surface area (Å²) in [5.74, 6) is -2.47. The summed E-state index contributed by atoms with van der Waals surface area (Å²) in [7, 11) is 0. The van der Waals surface area contributed by atoms with E-state index < -0.39 is 40.7 Å². The molecular formula is C14H14F2N2O2. The number of aliphatic hydroxyl groups excluding tert-OH is 1. The van der Waals surface area contributed by atoms with Crippen LogP contribution in [0.4, 0.5) is 14.5 Å². The lowest BCUT2D eigenvalue weighted by atomic mass is 9.87. The van der Waals surface area contributed by atoms with Gasteiger partial charge >= 0.3 is 0 Å². The summed E-state index contributed by atoms with van der Waals surface area (Å²) in [5.41, 5.74) is -1.71. The standard InChI is InChI=1S/C14H14F2N2O2/c1-7-12(19)14(2,3)13(20)18(7)8-4-10(15)9(6-17)11(16)5-8/h4-5,7,12,19H,1-3H3/t7-,12+/m0/s1. The van der Waals surface area contributed by atoms with Crippen LogP contribution in [0, 0.1) is 28.4 Å². The Bertz CT molecular complexity index is 599. The monoisotopic (exact) mass is 280 g/mol. The summed E-state index contributed by atoms with van der Waals surface area (Å²) in [4.78, 5) is 13.4. The largest absolute Gasteiger partial charge is 0.390 e. The van der Waals surface area contributed by atoms with Crippen molar-refractivity contribution in [1.29, 1.82) is 5.26 Å². The number of halogens is 2. The molecular weight excluding hydrogens is 266 g/mol. The third-order valence-electron chi connectivity index (χ3n) is 3.79. The summed E-state index contributed by atoms with van der Waals surface area (Å²) in [6.07, 6.45) is -0.947. The van der Waals surface area contributed by atoms with Crippen LogP contribution >= 0.6 is 0 Å². The third kappa shape index (κ3) is 1.86. The van der Waals surface area contributed by atoms with Gasteiger partial charge in [0.05, 0.1) is 17.6 Å². The number of benzene rings is 1. The van der Waals surface area contributed by atoms with E-state index >= 15 is 0 Å². The molecule has 0 spiro atoms. The van der Waals surface area contributed by atoms with E-state index in [2.05, 4.69) is 0 Å². The van der Waals surface area contributed by atoms with E-state index in [-0.39, 0.29) is 5.69 Å². The molecule has 0 unspecified atom stereocenters. The van der Waals surface area contributed by atoms with Gasteiger partial charge in [0, 0.05) is 5.69 Å². The van der Waals surface area contributed by atoms with Crippen LogP contribution in [0.5, 0.6) is 0 Å². The molecule has 106 valence electrons. The maximum absolute atomic E-state index is 13.6. The SMILES string of the molecule is C[C@H]1[C@@H](O)C(C)(C)C(=O)N1c1cc(F)c(C#N)c(F)c1. The number of nitrogens with zero attached hydrogens (tertiary/aromatic N) is 2. The van der Waals surface area contributed by atoms with Crippen molar-refractivity contribution in [3.63, 3.8) is 0 Å². The van der Waals surface area contributed by atoms with Crippen LogP contribution in [0.3, 0.4) is 0 Å². The number of aliphatic hydroxyl groups is 1. The molecule has 2 rings (SSSR count). The number of anilines is 1. The number of rotatable bonds is 1. The Morgan fingerprint density at radius 1 is 1.35 bits per heavy atom. The van der Waals surface area contributed by atoms with E-state index in [9.17, 15) is 18.7 Å². The number of hydrogen-bond donors (Lipinski definition) is 1. The zero-order chi connectivity index (χ0) is 15.2. The van der Waals surface area contributed by atoms with E-state index in [0.717, 1.165) is 17.0 Å². The Hall–Kier alpha value is -2.00. The van der Waals surface area contributed by atoms with Gasteiger partial charge in [-0.05, 0) is 32.9 Å². The van der Waals surface area contributed by atoms with Crippen LogP contribution in [0.15, 0.2) is 12.1 Å². The maximum atomic E-state index is 13.6. The fraction of sp³-hybridized carbons (Fsp3) is 0.429. The van der Waals surface area contributed by atoms with Crippen molar-refractivity contribution >= 4 is 11.6 Å². The average molecular weight is 280 g/mol. The van der Waals surface area contributed by atoms with E-state index in [1.54, 1.807) is 20.8 Å². The molecule has 1 N–H and O–H groups in total. The first-order chi connectivity index (χ1) is 9.21. The van der Waals surface area contributed by atoms with Gasteiger partial charge in [-0.25, -0.2) is 8.78 Å². The van der Waals surface area contributed by atoms with Crippen LogP contribution < -0.4 is 4.90 Å². The van der Waals surface area contributed by atoms with Crippen LogP contribution in [-0.2, 0) is 4.79 Å². The Labute approximate surface area is 115 Å². The minimum atomic E-state index is -1.03. The van der Waals surface area contributed by atoms with E-state index in [4.69, 9.17) is 5.26 Å². The smallest absolute Gasteiger partial charge is 0.235 e. The molecule has 1 fully saturated rings. The van der Waals surface area contributed by atoms with Gasteiger partial charge in [-0.1, -0.05) is 0 Å². The molecule has 1 aliphatic rings. The molecule has 2 atom stereocenters. The Kier molecular flexibility index (Phi) is 3.26. The molecule has 0 aliphatic carbocycles. The topological polar surface area (TPSA) is 64.3 Å². The molecule has 1 aromatic rings. The van der Waals surface area contributed by atoms with Gasteiger partial charge in [-0.3, -0.25) is 4.79 Å². The molecule has 0 radical (unpaired) electrons. The van der Waals surface area contributed by atoms with Crippen LogP contribution in [0.25, 0.3) is 0 Å². The number of amides is 1. The molecule has 0 bridgehead atoms. The lowest BCUT2D eigenvalue weighted by molar-refractivity contribution is -0.126. The summed E-state index contributed by atoms with van der Waals surface area (Å²) in [6.45, 7) is 4.76. The lowest BCUT2D eigenvalue weighted by Crippen LogP contribution is -2.34. The molecule has 0 aromatic heterocycles. The predicted molar refractivity (Wildman–Crippen MR) is 67.8 cm³/mol. The Morgan fingerprint density at radius 3 is 2.20 bits per heavy atom. The highest BCUT2D eigenvalue weighted by Gasteiger charge is 2.51. The van der Waals surface area contributed by atoms with Crippen molar-refractivity contribution in [2.45, 2.75) is 32.9 Å². The predicted octanol–water partition coefficient (Wildman–Crippen LogP) is 1.96. The third-order valence-corrected chi connectivity index (χ3v) is 3.79. The van der Waals surface area contributed by atoms with Crippen molar-refractivity contribution in [3.8, 4) is 6.07 Å². The van der Waals surface area contributed by atoms with E-state index in [1.165, 1.54) is 6.07 Å². The number of hydrogen-bond acceptors (Lipinski definition) is 3. The first-order valence-corrected chi connectivity index (χ1v) is 6.12. The fourth-order valence-corrected chi connectivity index (χ4v) is 2.52. The molecule has 1 aliphatic heterocycles. The van der Waals surface area contributed by atoms with Gasteiger partial charge in [-0.15, -0.1) is 0 Å². The molecule has 6 heteroatoms. The number of carbonyl (C=O) groups is 1. The van der Waals surface area contributed by atoms with Gasteiger partial charge in [-0.2, -0.15) is 5.26 Å². The average Bonchev–Trinajstić information content (AvgIpc) is 2.50. The minimum Gasteiger partial charge on any atom is -0.390 e. The molecule has 1 aromatic carbocycles. The molecule has 20 heavy (non-hydrogen) atoms. The number of carbonyl (C=O) groups excluding carboxylic acids is 1. The second-order valence-electron chi connectivity index (χ2n) is 5.48. The molecule has 4 nitrogen and oxygen atoms in total. The first-order valence-electron chi connectivity index (χ1n) is 6.12. The van der Waals surface area contributed by atoms with Crippen LogP contribution in [0.2, 0.25) is 0 Å². The van der Waals surface area contributed by atoms with Gasteiger partial charge in [0.25, 0.3) is 0 Å². The zero-order valence-electron chi connectivity index (χ0n) is 11.3. The van der Waals surface area contributed by atoms with Crippen molar-refractivity contribution in [1.82, 2.24) is 0 Å². The number of nitriles is 1. The summed E-state index contributed by atoms with van der Waals surface area (Å²) >= 11 is 0. The Balaban J connectivity index is 2.54. The molecule has 1 amide bonds. The molecule has 1 saturated heterocycles. The van der Waals surface area contributed by atoms with Crippen LogP contribution in [-0.4, -0.2) is 23.2 Å². The summed E-state index contributed by atoms with van der Waals surface area (Å²) < 4.78 is 27.3. The Morgan fingerprint density at radius 2 is 1.85 bits per heavy atom. The highest BCUT2D eigenvalue weighted by atomic mass is 19.1. The quantitative estimate of drug-likeness (QED) is 0.855. The lowest BCUT2D eigenvalue weighted by Gasteiger charge is -2.23. The zero-order valence-corrected chi connectivity index (χ0v) is 11.3. The van der Waals surface area contributed by atoms with Gasteiger partial charge in [0.2, 0.25) is 5.91 Å². The van der Waals surface area contributed by atoms with Crippen molar-refractivity contribution in [2.24, 2.45) is 5.41 Å². The summed E-state index contributed by atoms with van der Waals surface area (Å²) in [6, 6.07) is 2.69. The van der Waals surface area contributed by atoms with Gasteiger partial charge in [0.15, 0.2) is 0 Å². The van der Waals surface area contributed by atoms with E-state index in [0.29, 0.717) is 0 Å². The minimum absolute atomic E-state index is 0.00104. The van der Waals surface area contributed by atoms with E-state index in [1.807, 2.05) is 0 Å².